The van der Waals surface area contributed by atoms with Crippen LogP contribution in [0.3, 0.4) is 0 Å². The summed E-state index contributed by atoms with van der Waals surface area (Å²) in [7, 11) is 0. The van der Waals surface area contributed by atoms with Crippen molar-refractivity contribution in [3.8, 4) is 11.1 Å². The number of guanidine groups is 1. The highest BCUT2D eigenvalue weighted by atomic mass is 16.2. The number of amides is 2. The molecule has 1 aliphatic carbocycles. The second kappa shape index (κ2) is 15.8. The number of carbonyl (C=O) groups excluding carboxylic acids is 2. The largest absolute Gasteiger partial charge is 0.370 e. The van der Waals surface area contributed by atoms with Crippen LogP contribution < -0.4 is 22.1 Å². The van der Waals surface area contributed by atoms with Gasteiger partial charge >= 0.3 is 0 Å². The van der Waals surface area contributed by atoms with Crippen LogP contribution >= 0.6 is 0 Å². The number of likely N-dealkylation sites (N-methyl/N-ethyl adjacent to an activating group) is 1. The lowest BCUT2D eigenvalue weighted by atomic mass is 9.89. The molecular weight excluding hydrogens is 476 g/mol. The Morgan fingerprint density at radius 1 is 0.974 bits per heavy atom. The molecule has 38 heavy (non-hydrogen) atoms. The topological polar surface area (TPSA) is 126 Å². The van der Waals surface area contributed by atoms with Crippen molar-refractivity contribution in [3.05, 3.63) is 60.2 Å². The van der Waals surface area contributed by atoms with E-state index in [1.807, 2.05) is 66.4 Å². The van der Waals surface area contributed by atoms with Crippen LogP contribution in [0.15, 0.2) is 59.6 Å². The van der Waals surface area contributed by atoms with Gasteiger partial charge in [-0.1, -0.05) is 61.7 Å². The van der Waals surface area contributed by atoms with Crippen LogP contribution in [0.2, 0.25) is 0 Å². The maximum Gasteiger partial charge on any atom is 0.251 e. The third-order valence-corrected chi connectivity index (χ3v) is 7.20. The van der Waals surface area contributed by atoms with Crippen molar-refractivity contribution in [3.63, 3.8) is 0 Å². The summed E-state index contributed by atoms with van der Waals surface area (Å²) in [6, 6.07) is 17.3. The summed E-state index contributed by atoms with van der Waals surface area (Å²) in [5.74, 6) is 0.635. The van der Waals surface area contributed by atoms with Gasteiger partial charge < -0.3 is 27.0 Å². The lowest BCUT2D eigenvalue weighted by Crippen LogP contribution is -2.49. The zero-order valence-corrected chi connectivity index (χ0v) is 22.7. The first-order valence-electron chi connectivity index (χ1n) is 14.0. The molecule has 8 heteroatoms. The fourth-order valence-corrected chi connectivity index (χ4v) is 5.06. The molecule has 2 aromatic rings. The van der Waals surface area contributed by atoms with Crippen LogP contribution in [0, 0.1) is 5.92 Å². The summed E-state index contributed by atoms with van der Waals surface area (Å²) in [6.07, 6.45) is 7.54. The normalized spacial score (nSPS) is 14.4. The first-order chi connectivity index (χ1) is 18.5. The Labute approximate surface area is 227 Å². The number of nitrogens with zero attached hydrogens (tertiary/aromatic N) is 2. The maximum absolute atomic E-state index is 13.5. The number of hydrogen-bond acceptors (Lipinski definition) is 4. The molecule has 0 radical (unpaired) electrons. The molecule has 0 spiro atoms. The molecule has 1 atom stereocenters. The van der Waals surface area contributed by atoms with Gasteiger partial charge in [-0.2, -0.15) is 0 Å². The average molecular weight is 521 g/mol. The molecule has 1 fully saturated rings. The van der Waals surface area contributed by atoms with E-state index in [4.69, 9.17) is 11.5 Å². The molecule has 6 N–H and O–H groups in total. The van der Waals surface area contributed by atoms with Crippen molar-refractivity contribution >= 4 is 17.8 Å². The Bertz CT molecular complexity index is 1010. The smallest absolute Gasteiger partial charge is 0.251 e. The second-order valence-electron chi connectivity index (χ2n) is 10.0. The van der Waals surface area contributed by atoms with E-state index in [0.29, 0.717) is 50.5 Å². The molecule has 1 aliphatic rings. The van der Waals surface area contributed by atoms with Crippen LogP contribution in [-0.4, -0.2) is 61.4 Å². The molecule has 2 aromatic carbocycles. The summed E-state index contributed by atoms with van der Waals surface area (Å²) in [5.41, 5.74) is 13.7. The Morgan fingerprint density at radius 3 is 2.32 bits per heavy atom. The van der Waals surface area contributed by atoms with Crippen molar-refractivity contribution in [1.82, 2.24) is 15.5 Å². The fraction of sp³-hybridized carbons (Fsp3) is 0.500. The molecule has 8 nitrogen and oxygen atoms in total. The van der Waals surface area contributed by atoms with E-state index >= 15 is 0 Å². The van der Waals surface area contributed by atoms with Crippen molar-refractivity contribution in [2.24, 2.45) is 22.4 Å². The molecule has 1 unspecified atom stereocenters. The summed E-state index contributed by atoms with van der Waals surface area (Å²) >= 11 is 0. The summed E-state index contributed by atoms with van der Waals surface area (Å²) in [5, 5.41) is 6.34. The van der Waals surface area contributed by atoms with Gasteiger partial charge in [0.25, 0.3) is 5.91 Å². The van der Waals surface area contributed by atoms with E-state index in [1.165, 1.54) is 32.1 Å². The summed E-state index contributed by atoms with van der Waals surface area (Å²) < 4.78 is 0. The highest BCUT2D eigenvalue weighted by molar-refractivity contribution is 5.94. The Balaban J connectivity index is 1.51. The second-order valence-corrected chi connectivity index (χ2v) is 10.0. The van der Waals surface area contributed by atoms with E-state index in [9.17, 15) is 9.59 Å². The third-order valence-electron chi connectivity index (χ3n) is 7.20. The van der Waals surface area contributed by atoms with Gasteiger partial charge in [0.2, 0.25) is 5.91 Å². The van der Waals surface area contributed by atoms with Crippen LogP contribution in [0.5, 0.6) is 0 Å². The Hall–Kier alpha value is -3.39. The Morgan fingerprint density at radius 2 is 1.66 bits per heavy atom. The number of nitrogens with two attached hydrogens (primary N) is 2. The fourth-order valence-electron chi connectivity index (χ4n) is 5.06. The minimum absolute atomic E-state index is 0.0628. The lowest BCUT2D eigenvalue weighted by molar-refractivity contribution is -0.134. The van der Waals surface area contributed by atoms with Crippen molar-refractivity contribution in [2.75, 3.05) is 32.7 Å². The number of hydrogen-bond donors (Lipinski definition) is 4. The van der Waals surface area contributed by atoms with Crippen LogP contribution in [0.25, 0.3) is 11.1 Å². The van der Waals surface area contributed by atoms with Crippen molar-refractivity contribution in [1.29, 1.82) is 0 Å². The molecule has 3 rings (SSSR count). The van der Waals surface area contributed by atoms with Crippen molar-refractivity contribution < 1.29 is 9.59 Å². The molecule has 2 amide bonds. The van der Waals surface area contributed by atoms with Gasteiger partial charge in [-0.05, 0) is 61.8 Å². The quantitative estimate of drug-likeness (QED) is 0.172. The maximum atomic E-state index is 13.5. The predicted molar refractivity (Wildman–Crippen MR) is 155 cm³/mol. The first kappa shape index (κ1) is 29.2. The van der Waals surface area contributed by atoms with Crippen LogP contribution in [0.4, 0.5) is 0 Å². The van der Waals surface area contributed by atoms with E-state index in [-0.39, 0.29) is 23.8 Å². The minimum atomic E-state index is -0.338. The average Bonchev–Trinajstić information content (AvgIpc) is 2.95. The summed E-state index contributed by atoms with van der Waals surface area (Å²) in [6.45, 7) is 4.95. The van der Waals surface area contributed by atoms with Gasteiger partial charge in [-0.25, -0.2) is 0 Å². The molecule has 0 bridgehead atoms. The third kappa shape index (κ3) is 9.49. The lowest BCUT2D eigenvalue weighted by Gasteiger charge is -2.32. The van der Waals surface area contributed by atoms with Gasteiger partial charge in [0.05, 0.1) is 6.04 Å². The molecular formula is C30H44N6O2. The first-order valence-corrected chi connectivity index (χ1v) is 14.0. The van der Waals surface area contributed by atoms with E-state index in [1.54, 1.807) is 0 Å². The van der Waals surface area contributed by atoms with Crippen LogP contribution in [0.1, 0.15) is 62.2 Å². The molecule has 0 aliphatic heterocycles. The van der Waals surface area contributed by atoms with Gasteiger partial charge in [0.1, 0.15) is 0 Å². The summed E-state index contributed by atoms with van der Waals surface area (Å²) in [4.78, 5) is 32.2. The zero-order chi connectivity index (χ0) is 27.2. The van der Waals surface area contributed by atoms with Gasteiger partial charge in [-0.15, -0.1) is 0 Å². The highest BCUT2D eigenvalue weighted by Crippen LogP contribution is 2.25. The number of nitrogens with one attached hydrogen (secondary N) is 2. The number of aliphatic imine (C=N–C) groups is 1. The predicted octanol–water partition coefficient (Wildman–Crippen LogP) is 3.52. The molecule has 0 heterocycles. The highest BCUT2D eigenvalue weighted by Gasteiger charge is 2.25. The molecule has 1 saturated carbocycles. The Kier molecular flexibility index (Phi) is 12.1. The minimum Gasteiger partial charge on any atom is -0.370 e. The van der Waals surface area contributed by atoms with E-state index in [2.05, 4.69) is 15.6 Å². The van der Waals surface area contributed by atoms with E-state index in [0.717, 1.165) is 17.7 Å². The molecule has 206 valence electrons. The number of rotatable bonds is 14. The van der Waals surface area contributed by atoms with Gasteiger partial charge in [0, 0.05) is 38.3 Å². The molecule has 0 saturated heterocycles. The molecule has 0 aromatic heterocycles. The van der Waals surface area contributed by atoms with Crippen molar-refractivity contribution in [2.45, 2.75) is 57.9 Å². The van der Waals surface area contributed by atoms with Gasteiger partial charge in [-0.3, -0.25) is 14.6 Å². The number of benzene rings is 2. The number of carbonyl (C=O) groups is 2. The van der Waals surface area contributed by atoms with E-state index < -0.39 is 0 Å². The SMILES string of the molecule is CCN(CC1CCCCC1)C(=O)C(CCCN=C(N)N)NCCNC(=O)c1ccc(-c2ccccc2)cc1. The van der Waals surface area contributed by atoms with Crippen LogP contribution in [-0.2, 0) is 4.79 Å². The zero-order valence-electron chi connectivity index (χ0n) is 22.7. The van der Waals surface area contributed by atoms with Gasteiger partial charge in [0.15, 0.2) is 5.96 Å². The standard InChI is InChI=1S/C30H44N6O2/c1-2-36(22-23-10-5-3-6-11-23)29(38)27(14-9-19-35-30(31)32)33-20-21-34-28(37)26-17-15-25(16-18-26)24-12-7-4-8-13-24/h4,7-8,12-13,15-18,23,27,33H,2-3,5-6,9-11,14,19-22H2,1H3,(H,34,37)(H4,31,32,35). The monoisotopic (exact) mass is 520 g/mol.